The first-order valence-corrected chi connectivity index (χ1v) is 8.10. The molecule has 2 atom stereocenters. The summed E-state index contributed by atoms with van der Waals surface area (Å²) < 4.78 is 0. The highest BCUT2D eigenvalue weighted by Gasteiger charge is 2.26. The fraction of sp³-hybridized carbons (Fsp3) is 0.500. The molecule has 3 heteroatoms. The SMILES string of the molecule is CCC1CCCN(C(CN)c2cncc3ccccc23)C1. The summed E-state index contributed by atoms with van der Waals surface area (Å²) in [6.07, 6.45) is 7.86. The van der Waals surface area contributed by atoms with Crippen molar-refractivity contribution in [3.8, 4) is 0 Å². The van der Waals surface area contributed by atoms with Crippen LogP contribution < -0.4 is 5.73 Å². The van der Waals surface area contributed by atoms with Crippen LogP contribution in [-0.2, 0) is 0 Å². The maximum Gasteiger partial charge on any atom is 0.0491 e. The number of piperidine rings is 1. The quantitative estimate of drug-likeness (QED) is 0.935. The Morgan fingerprint density at radius 1 is 1.33 bits per heavy atom. The van der Waals surface area contributed by atoms with Gasteiger partial charge in [-0.05, 0) is 36.3 Å². The third-order valence-corrected chi connectivity index (χ3v) is 4.85. The van der Waals surface area contributed by atoms with Crippen LogP contribution in [-0.4, -0.2) is 29.5 Å². The second kappa shape index (κ2) is 6.54. The van der Waals surface area contributed by atoms with Crippen molar-refractivity contribution in [3.05, 3.63) is 42.2 Å². The summed E-state index contributed by atoms with van der Waals surface area (Å²) in [5.41, 5.74) is 7.43. The summed E-state index contributed by atoms with van der Waals surface area (Å²) in [7, 11) is 0. The summed E-state index contributed by atoms with van der Waals surface area (Å²) in [6.45, 7) is 5.28. The van der Waals surface area contributed by atoms with Crippen molar-refractivity contribution in [1.29, 1.82) is 0 Å². The van der Waals surface area contributed by atoms with Gasteiger partial charge < -0.3 is 5.73 Å². The van der Waals surface area contributed by atoms with Crippen LogP contribution in [0.25, 0.3) is 10.8 Å². The van der Waals surface area contributed by atoms with E-state index in [-0.39, 0.29) is 6.04 Å². The van der Waals surface area contributed by atoms with E-state index in [1.54, 1.807) is 0 Å². The van der Waals surface area contributed by atoms with Gasteiger partial charge in [0.05, 0.1) is 0 Å². The fourth-order valence-electron chi connectivity index (χ4n) is 3.59. The Morgan fingerprint density at radius 2 is 2.19 bits per heavy atom. The van der Waals surface area contributed by atoms with Gasteiger partial charge in [0.15, 0.2) is 0 Å². The smallest absolute Gasteiger partial charge is 0.0491 e. The van der Waals surface area contributed by atoms with Gasteiger partial charge in [0.2, 0.25) is 0 Å². The van der Waals surface area contributed by atoms with Crippen molar-refractivity contribution in [2.45, 2.75) is 32.2 Å². The molecular formula is C18H25N3. The molecule has 0 spiro atoms. The first-order valence-electron chi connectivity index (χ1n) is 8.10. The number of hydrogen-bond donors (Lipinski definition) is 1. The van der Waals surface area contributed by atoms with Crippen LogP contribution in [0.2, 0.25) is 0 Å². The van der Waals surface area contributed by atoms with Gasteiger partial charge in [-0.2, -0.15) is 0 Å². The Hall–Kier alpha value is -1.45. The molecule has 0 saturated carbocycles. The number of rotatable bonds is 4. The van der Waals surface area contributed by atoms with Crippen molar-refractivity contribution in [2.75, 3.05) is 19.6 Å². The molecule has 1 fully saturated rings. The maximum absolute atomic E-state index is 6.14. The molecule has 3 nitrogen and oxygen atoms in total. The number of hydrogen-bond acceptors (Lipinski definition) is 3. The second-order valence-corrected chi connectivity index (χ2v) is 6.11. The monoisotopic (exact) mass is 283 g/mol. The summed E-state index contributed by atoms with van der Waals surface area (Å²) in [5, 5.41) is 2.50. The lowest BCUT2D eigenvalue weighted by Gasteiger charge is -2.38. The average molecular weight is 283 g/mol. The zero-order chi connectivity index (χ0) is 14.7. The van der Waals surface area contributed by atoms with Gasteiger partial charge in [0, 0.05) is 36.9 Å². The predicted octanol–water partition coefficient (Wildman–Crippen LogP) is 3.36. The second-order valence-electron chi connectivity index (χ2n) is 6.11. The van der Waals surface area contributed by atoms with E-state index in [9.17, 15) is 0 Å². The molecule has 0 aliphatic carbocycles. The van der Waals surface area contributed by atoms with Gasteiger partial charge in [0.25, 0.3) is 0 Å². The van der Waals surface area contributed by atoms with Crippen molar-refractivity contribution in [2.24, 2.45) is 11.7 Å². The minimum Gasteiger partial charge on any atom is -0.329 e. The van der Waals surface area contributed by atoms with E-state index in [1.165, 1.54) is 42.1 Å². The lowest BCUT2D eigenvalue weighted by molar-refractivity contribution is 0.125. The molecule has 2 aromatic rings. The lowest BCUT2D eigenvalue weighted by atomic mass is 9.92. The molecule has 21 heavy (non-hydrogen) atoms. The van der Waals surface area contributed by atoms with Crippen LogP contribution in [0.4, 0.5) is 0 Å². The predicted molar refractivity (Wildman–Crippen MR) is 88.1 cm³/mol. The van der Waals surface area contributed by atoms with Gasteiger partial charge in [-0.25, -0.2) is 0 Å². The van der Waals surface area contributed by atoms with Crippen molar-refractivity contribution in [3.63, 3.8) is 0 Å². The summed E-state index contributed by atoms with van der Waals surface area (Å²) in [4.78, 5) is 7.00. The standard InChI is InChI=1S/C18H25N3/c1-2-14-6-5-9-21(13-14)18(10-19)17-12-20-11-15-7-3-4-8-16(15)17/h3-4,7-8,11-12,14,18H,2,5-6,9-10,13,19H2,1H3. The number of pyridine rings is 1. The molecular weight excluding hydrogens is 258 g/mol. The molecule has 2 N–H and O–H groups in total. The van der Waals surface area contributed by atoms with Crippen LogP contribution in [0.5, 0.6) is 0 Å². The normalized spacial score (nSPS) is 21.5. The summed E-state index contributed by atoms with van der Waals surface area (Å²) in [5.74, 6) is 0.815. The van der Waals surface area contributed by atoms with Crippen molar-refractivity contribution in [1.82, 2.24) is 9.88 Å². The van der Waals surface area contributed by atoms with E-state index in [4.69, 9.17) is 5.73 Å². The molecule has 3 rings (SSSR count). The highest BCUT2D eigenvalue weighted by molar-refractivity contribution is 5.85. The van der Waals surface area contributed by atoms with Gasteiger partial charge in [-0.1, -0.05) is 37.6 Å². The largest absolute Gasteiger partial charge is 0.329 e. The highest BCUT2D eigenvalue weighted by atomic mass is 15.2. The van der Waals surface area contributed by atoms with E-state index in [0.29, 0.717) is 6.54 Å². The topological polar surface area (TPSA) is 42.1 Å². The maximum atomic E-state index is 6.14. The molecule has 0 bridgehead atoms. The van der Waals surface area contributed by atoms with E-state index < -0.39 is 0 Å². The first-order chi connectivity index (χ1) is 10.3. The number of aromatic nitrogens is 1. The van der Waals surface area contributed by atoms with Crippen molar-refractivity contribution >= 4 is 10.8 Å². The molecule has 2 heterocycles. The summed E-state index contributed by atoms with van der Waals surface area (Å²) >= 11 is 0. The molecule has 1 aromatic heterocycles. The molecule has 0 amide bonds. The van der Waals surface area contributed by atoms with Gasteiger partial charge in [-0.3, -0.25) is 9.88 Å². The highest BCUT2D eigenvalue weighted by Crippen LogP contribution is 2.31. The zero-order valence-electron chi connectivity index (χ0n) is 12.8. The Morgan fingerprint density at radius 3 is 3.00 bits per heavy atom. The third-order valence-electron chi connectivity index (χ3n) is 4.85. The fourth-order valence-corrected chi connectivity index (χ4v) is 3.59. The van der Waals surface area contributed by atoms with E-state index in [2.05, 4.69) is 41.1 Å². The van der Waals surface area contributed by atoms with Crippen LogP contribution >= 0.6 is 0 Å². The van der Waals surface area contributed by atoms with Crippen LogP contribution in [0.3, 0.4) is 0 Å². The minimum absolute atomic E-state index is 0.290. The molecule has 1 saturated heterocycles. The van der Waals surface area contributed by atoms with Gasteiger partial charge in [0.1, 0.15) is 0 Å². The molecule has 1 aliphatic rings. The van der Waals surface area contributed by atoms with Crippen molar-refractivity contribution < 1.29 is 0 Å². The zero-order valence-corrected chi connectivity index (χ0v) is 12.8. The Labute approximate surface area is 127 Å². The molecule has 1 aromatic carbocycles. The average Bonchev–Trinajstić information content (AvgIpc) is 2.56. The van der Waals surface area contributed by atoms with E-state index in [0.717, 1.165) is 12.5 Å². The molecule has 1 aliphatic heterocycles. The van der Waals surface area contributed by atoms with Gasteiger partial charge in [-0.15, -0.1) is 0 Å². The van der Waals surface area contributed by atoms with E-state index >= 15 is 0 Å². The molecule has 0 radical (unpaired) electrons. The first kappa shape index (κ1) is 14.5. The Balaban J connectivity index is 1.94. The molecule has 2 unspecified atom stereocenters. The number of nitrogens with two attached hydrogens (primary N) is 1. The van der Waals surface area contributed by atoms with E-state index in [1.807, 2.05) is 12.4 Å². The Kier molecular flexibility index (Phi) is 4.51. The lowest BCUT2D eigenvalue weighted by Crippen LogP contribution is -2.41. The van der Waals surface area contributed by atoms with Crippen LogP contribution in [0, 0.1) is 5.92 Å². The summed E-state index contributed by atoms with van der Waals surface area (Å²) in [6, 6.07) is 8.78. The van der Waals surface area contributed by atoms with Crippen LogP contribution in [0.1, 0.15) is 37.8 Å². The van der Waals surface area contributed by atoms with Crippen LogP contribution in [0.15, 0.2) is 36.7 Å². The number of benzene rings is 1. The molecule has 112 valence electrons. The minimum atomic E-state index is 0.290. The number of fused-ring (bicyclic) bond motifs is 1. The third kappa shape index (κ3) is 2.94. The van der Waals surface area contributed by atoms with Gasteiger partial charge >= 0.3 is 0 Å². The number of nitrogens with zero attached hydrogens (tertiary/aromatic N) is 2. The Bertz CT molecular complexity index is 591. The number of likely N-dealkylation sites (tertiary alicyclic amines) is 1.